The van der Waals surface area contributed by atoms with Crippen molar-refractivity contribution in [3.05, 3.63) is 21.1 Å². The minimum atomic E-state index is -4.21. The number of alkyl halides is 4. The fraction of sp³-hybridized carbons (Fsp3) is 0.600. The molecule has 114 valence electrons. The molecule has 0 aliphatic heterocycles. The molecule has 1 heterocycles. The smallest absolute Gasteiger partial charge is 0.330 e. The Morgan fingerprint density at radius 1 is 1.30 bits per heavy atom. The van der Waals surface area contributed by atoms with Crippen LogP contribution in [0.25, 0.3) is 0 Å². The summed E-state index contributed by atoms with van der Waals surface area (Å²) in [7, 11) is 1.43. The summed E-state index contributed by atoms with van der Waals surface area (Å²) in [6.45, 7) is -1.78. The molecule has 0 aromatic carbocycles. The quantitative estimate of drug-likeness (QED) is 0.536. The van der Waals surface area contributed by atoms with Crippen LogP contribution >= 0.6 is 27.5 Å². The van der Waals surface area contributed by atoms with Gasteiger partial charge in [-0.3, -0.25) is 0 Å². The summed E-state index contributed by atoms with van der Waals surface area (Å²) in [6, 6.07) is 0. The van der Waals surface area contributed by atoms with E-state index < -0.39 is 25.6 Å². The van der Waals surface area contributed by atoms with Crippen LogP contribution in [-0.4, -0.2) is 36.0 Å². The molecule has 4 nitrogen and oxygen atoms in total. The molecule has 0 atom stereocenters. The van der Waals surface area contributed by atoms with E-state index in [0.29, 0.717) is 10.2 Å². The van der Waals surface area contributed by atoms with E-state index in [2.05, 4.69) is 30.6 Å². The van der Waals surface area contributed by atoms with Gasteiger partial charge in [0, 0.05) is 7.11 Å². The SMILES string of the molecule is COCc1nc(COCC(F)(F)C(F)F)nc(Cl)c1Br. The van der Waals surface area contributed by atoms with Gasteiger partial charge in [0.05, 0.1) is 16.8 Å². The first-order valence-corrected chi connectivity index (χ1v) is 6.38. The van der Waals surface area contributed by atoms with Crippen molar-refractivity contribution in [3.63, 3.8) is 0 Å². The number of aromatic nitrogens is 2. The van der Waals surface area contributed by atoms with Crippen molar-refractivity contribution in [1.82, 2.24) is 9.97 Å². The average molecular weight is 382 g/mol. The van der Waals surface area contributed by atoms with Crippen LogP contribution in [0.15, 0.2) is 4.47 Å². The lowest BCUT2D eigenvalue weighted by molar-refractivity contribution is -0.168. The monoisotopic (exact) mass is 380 g/mol. The minimum Gasteiger partial charge on any atom is -0.378 e. The standard InChI is InChI=1S/C10H10BrClF4N2O2/c1-19-2-5-7(11)8(12)18-6(17-5)3-20-4-10(15,16)9(13)14/h9H,2-4H2,1H3. The summed E-state index contributed by atoms with van der Waals surface area (Å²) in [5, 5.41) is 0.0475. The maximum absolute atomic E-state index is 12.6. The van der Waals surface area contributed by atoms with Crippen LogP contribution in [0.2, 0.25) is 5.15 Å². The number of hydrogen-bond donors (Lipinski definition) is 0. The number of hydrogen-bond acceptors (Lipinski definition) is 4. The largest absolute Gasteiger partial charge is 0.378 e. The van der Waals surface area contributed by atoms with Crippen LogP contribution in [0.1, 0.15) is 11.5 Å². The fourth-order valence-corrected chi connectivity index (χ4v) is 1.65. The lowest BCUT2D eigenvalue weighted by Crippen LogP contribution is -2.32. The van der Waals surface area contributed by atoms with Crippen molar-refractivity contribution >= 4 is 27.5 Å². The van der Waals surface area contributed by atoms with Gasteiger partial charge in [0.25, 0.3) is 0 Å². The molecule has 20 heavy (non-hydrogen) atoms. The average Bonchev–Trinajstić information content (AvgIpc) is 2.35. The Hall–Kier alpha value is -0.510. The highest BCUT2D eigenvalue weighted by Gasteiger charge is 2.41. The molecule has 1 aromatic heterocycles. The van der Waals surface area contributed by atoms with Crippen molar-refractivity contribution in [2.45, 2.75) is 25.6 Å². The van der Waals surface area contributed by atoms with E-state index in [1.165, 1.54) is 7.11 Å². The normalized spacial score (nSPS) is 12.2. The number of halogens is 6. The summed E-state index contributed by atoms with van der Waals surface area (Å²) < 4.78 is 58.9. The van der Waals surface area contributed by atoms with Gasteiger partial charge in [0.2, 0.25) is 0 Å². The minimum absolute atomic E-state index is 0.00434. The van der Waals surface area contributed by atoms with Crippen LogP contribution < -0.4 is 0 Å². The van der Waals surface area contributed by atoms with E-state index in [9.17, 15) is 17.6 Å². The van der Waals surface area contributed by atoms with Crippen LogP contribution in [0, 0.1) is 0 Å². The highest BCUT2D eigenvalue weighted by Crippen LogP contribution is 2.25. The highest BCUT2D eigenvalue weighted by molar-refractivity contribution is 9.10. The molecule has 0 N–H and O–H groups in total. The zero-order chi connectivity index (χ0) is 15.3. The second kappa shape index (κ2) is 7.48. The van der Waals surface area contributed by atoms with E-state index >= 15 is 0 Å². The molecule has 10 heteroatoms. The number of methoxy groups -OCH3 is 1. The van der Waals surface area contributed by atoms with Crippen LogP contribution in [-0.2, 0) is 22.7 Å². The van der Waals surface area contributed by atoms with Gasteiger partial charge in [-0.05, 0) is 15.9 Å². The molecule has 0 aliphatic rings. The van der Waals surface area contributed by atoms with E-state index in [4.69, 9.17) is 16.3 Å². The van der Waals surface area contributed by atoms with Crippen molar-refractivity contribution in [2.24, 2.45) is 0 Å². The summed E-state index contributed by atoms with van der Waals surface area (Å²) in [5.41, 5.74) is 0.395. The van der Waals surface area contributed by atoms with E-state index in [1.807, 2.05) is 0 Å². The number of nitrogens with zero attached hydrogens (tertiary/aromatic N) is 2. The molecular weight excluding hydrogens is 371 g/mol. The summed E-state index contributed by atoms with van der Waals surface area (Å²) in [4.78, 5) is 7.74. The van der Waals surface area contributed by atoms with Gasteiger partial charge in [0.1, 0.15) is 18.4 Å². The third kappa shape index (κ3) is 4.80. The Morgan fingerprint density at radius 3 is 2.50 bits per heavy atom. The van der Waals surface area contributed by atoms with E-state index in [0.717, 1.165) is 0 Å². The third-order valence-electron chi connectivity index (χ3n) is 2.05. The Balaban J connectivity index is 2.69. The fourth-order valence-electron chi connectivity index (χ4n) is 1.15. The van der Waals surface area contributed by atoms with E-state index in [1.54, 1.807) is 0 Å². The molecule has 1 aromatic rings. The maximum Gasteiger partial charge on any atom is 0.330 e. The molecule has 0 unspecified atom stereocenters. The van der Waals surface area contributed by atoms with Gasteiger partial charge in [-0.1, -0.05) is 11.6 Å². The van der Waals surface area contributed by atoms with Crippen molar-refractivity contribution in [1.29, 1.82) is 0 Å². The van der Waals surface area contributed by atoms with Crippen molar-refractivity contribution < 1.29 is 27.0 Å². The predicted molar refractivity (Wildman–Crippen MR) is 66.1 cm³/mol. The molecule has 0 aliphatic carbocycles. The molecule has 0 saturated carbocycles. The number of ether oxygens (including phenoxy) is 2. The summed E-state index contributed by atoms with van der Waals surface area (Å²) in [6.07, 6.45) is -3.79. The van der Waals surface area contributed by atoms with Crippen molar-refractivity contribution in [2.75, 3.05) is 13.7 Å². The molecule has 0 radical (unpaired) electrons. The summed E-state index contributed by atoms with van der Waals surface area (Å²) in [5.74, 6) is -4.22. The van der Waals surface area contributed by atoms with E-state index in [-0.39, 0.29) is 17.6 Å². The zero-order valence-corrected chi connectivity index (χ0v) is 12.5. The maximum atomic E-state index is 12.6. The highest BCUT2D eigenvalue weighted by atomic mass is 79.9. The first-order valence-electron chi connectivity index (χ1n) is 5.21. The van der Waals surface area contributed by atoms with Crippen LogP contribution in [0.4, 0.5) is 17.6 Å². The van der Waals surface area contributed by atoms with Crippen molar-refractivity contribution in [3.8, 4) is 0 Å². The Labute approximate surface area is 125 Å². The van der Waals surface area contributed by atoms with Gasteiger partial charge in [0.15, 0.2) is 5.82 Å². The van der Waals surface area contributed by atoms with Gasteiger partial charge < -0.3 is 9.47 Å². The Kier molecular flexibility index (Phi) is 6.56. The first-order chi connectivity index (χ1) is 9.27. The molecule has 0 saturated heterocycles. The zero-order valence-electron chi connectivity index (χ0n) is 10.2. The topological polar surface area (TPSA) is 44.2 Å². The first kappa shape index (κ1) is 17.5. The number of rotatable bonds is 7. The molecular formula is C10H10BrClF4N2O2. The molecule has 0 bridgehead atoms. The van der Waals surface area contributed by atoms with Gasteiger partial charge in [-0.25, -0.2) is 18.7 Å². The molecule has 0 spiro atoms. The molecule has 1 rings (SSSR count). The molecule has 0 fully saturated rings. The lowest BCUT2D eigenvalue weighted by Gasteiger charge is -2.15. The third-order valence-corrected chi connectivity index (χ3v) is 3.39. The Morgan fingerprint density at radius 2 is 1.95 bits per heavy atom. The predicted octanol–water partition coefficient (Wildman–Crippen LogP) is 3.46. The van der Waals surface area contributed by atoms with Gasteiger partial charge >= 0.3 is 12.3 Å². The van der Waals surface area contributed by atoms with Crippen LogP contribution in [0.5, 0.6) is 0 Å². The van der Waals surface area contributed by atoms with Gasteiger partial charge in [-0.15, -0.1) is 0 Å². The lowest BCUT2D eigenvalue weighted by atomic mass is 10.4. The Bertz CT molecular complexity index is 465. The van der Waals surface area contributed by atoms with Gasteiger partial charge in [-0.2, -0.15) is 8.78 Å². The summed E-state index contributed by atoms with van der Waals surface area (Å²) >= 11 is 8.93. The second-order valence-electron chi connectivity index (χ2n) is 3.68. The van der Waals surface area contributed by atoms with Crippen LogP contribution in [0.3, 0.4) is 0 Å². The molecule has 0 amide bonds. The second-order valence-corrected chi connectivity index (χ2v) is 4.83.